The van der Waals surface area contributed by atoms with Gasteiger partial charge in [0.2, 0.25) is 11.8 Å². The van der Waals surface area contributed by atoms with E-state index >= 15 is 0 Å². The highest BCUT2D eigenvalue weighted by molar-refractivity contribution is 8.29. The summed E-state index contributed by atoms with van der Waals surface area (Å²) >= 11 is 14.1. The number of hydrogen-bond acceptors (Lipinski definition) is 1. The number of hydrogen-bond donors (Lipinski definition) is 0. The molecule has 0 saturated heterocycles. The Bertz CT molecular complexity index is 148. The quantitative estimate of drug-likeness (QED) is 0.587. The van der Waals surface area contributed by atoms with Crippen LogP contribution < -0.4 is 0 Å². The molecule has 0 aliphatic heterocycles. The van der Waals surface area contributed by atoms with Gasteiger partial charge >= 0.3 is 5.40 Å². The highest BCUT2D eigenvalue weighted by atomic mass is 35.9. The average Bonchev–Trinajstić information content (AvgIpc) is 1.90. The van der Waals surface area contributed by atoms with Gasteiger partial charge in [0.25, 0.3) is 0 Å². The minimum absolute atomic E-state index is 1.09. The molecule has 0 aromatic heterocycles. The summed E-state index contributed by atoms with van der Waals surface area (Å²) < 4.78 is 0. The van der Waals surface area contributed by atoms with Crippen molar-refractivity contribution in [3.63, 3.8) is 0 Å². The van der Waals surface area contributed by atoms with Crippen LogP contribution in [0.25, 0.3) is 0 Å². The van der Waals surface area contributed by atoms with Crippen LogP contribution in [-0.4, -0.2) is 0 Å². The zero-order valence-corrected chi connectivity index (χ0v) is 8.30. The summed E-state index contributed by atoms with van der Waals surface area (Å²) in [6.45, 7) is 0. The molecule has 0 saturated carbocycles. The van der Waals surface area contributed by atoms with Crippen LogP contribution in [-0.2, 0) is 11.8 Å². The Morgan fingerprint density at radius 2 is 0.900 bits per heavy atom. The van der Waals surface area contributed by atoms with Crippen LogP contribution in [0.5, 0.6) is 0 Å². The van der Waals surface area contributed by atoms with Gasteiger partial charge in [-0.2, -0.15) is 0 Å². The van der Waals surface area contributed by atoms with Gasteiger partial charge in [0, 0.05) is 0 Å². The normalized spacial score (nSPS) is 7.40. The van der Waals surface area contributed by atoms with Crippen molar-refractivity contribution in [2.24, 2.45) is 0 Å². The van der Waals surface area contributed by atoms with Gasteiger partial charge in [-0.05, 0) is 0 Å². The first-order valence-electron chi connectivity index (χ1n) is 2.52. The highest BCUT2D eigenvalue weighted by Gasteiger charge is 1.89. The van der Waals surface area contributed by atoms with Crippen molar-refractivity contribution >= 4 is 39.7 Å². The third-order valence-electron chi connectivity index (χ3n) is 0.667. The van der Waals surface area contributed by atoms with Crippen molar-refractivity contribution < 1.29 is 0 Å². The van der Waals surface area contributed by atoms with Crippen LogP contribution >= 0.6 is 27.9 Å². The maximum absolute atomic E-state index is 4.92. The monoisotopic (exact) mass is 211 g/mol. The molecule has 0 N–H and O–H groups in total. The molecular formula is C6H6Cl2PS+. The Hall–Kier alpha value is 0.320. The molecule has 4 heteroatoms. The van der Waals surface area contributed by atoms with Gasteiger partial charge in [0.1, 0.15) is 0 Å². The smallest absolute Gasteiger partial charge is 0.0623 e. The summed E-state index contributed by atoms with van der Waals surface area (Å²) in [5, 5.41) is -1.09. The second-order valence-corrected chi connectivity index (χ2v) is 6.61. The number of benzene rings is 1. The van der Waals surface area contributed by atoms with E-state index in [1.165, 1.54) is 0 Å². The van der Waals surface area contributed by atoms with Crippen LogP contribution in [0.2, 0.25) is 0 Å². The minimum atomic E-state index is -1.09. The Balaban J connectivity index is 0.000000180. The molecule has 0 radical (unpaired) electrons. The van der Waals surface area contributed by atoms with Gasteiger partial charge in [-0.25, -0.2) is 0 Å². The van der Waals surface area contributed by atoms with E-state index in [-0.39, 0.29) is 0 Å². The third-order valence-corrected chi connectivity index (χ3v) is 0.667. The Morgan fingerprint density at radius 3 is 1.00 bits per heavy atom. The van der Waals surface area contributed by atoms with Crippen LogP contribution in [0.15, 0.2) is 36.4 Å². The molecule has 0 aliphatic rings. The molecule has 0 aliphatic carbocycles. The Morgan fingerprint density at radius 1 is 0.800 bits per heavy atom. The lowest BCUT2D eigenvalue weighted by Gasteiger charge is -1.69. The summed E-state index contributed by atoms with van der Waals surface area (Å²) in [5.74, 6) is 0. The van der Waals surface area contributed by atoms with Crippen LogP contribution in [0.3, 0.4) is 0 Å². The highest BCUT2D eigenvalue weighted by Crippen LogP contribution is 2.31. The largest absolute Gasteiger partial charge is 0.407 e. The van der Waals surface area contributed by atoms with Crippen molar-refractivity contribution in [2.45, 2.75) is 0 Å². The first kappa shape index (κ1) is 10.3. The predicted molar refractivity (Wildman–Crippen MR) is 52.4 cm³/mol. The molecule has 0 fully saturated rings. The molecule has 0 unspecified atom stereocenters. The average molecular weight is 212 g/mol. The molecule has 1 aromatic rings. The second kappa shape index (κ2) is 7.43. The standard InChI is InChI=1S/C6H6.Cl2PS/c1-2-4-6-5-3-1;1-3(2)4/h1-6H;/q;+1. The maximum Gasteiger partial charge on any atom is 0.407 e. The Kier molecular flexibility index (Phi) is 7.66. The fourth-order valence-corrected chi connectivity index (χ4v) is 0.385. The van der Waals surface area contributed by atoms with E-state index in [1.807, 2.05) is 36.4 Å². The van der Waals surface area contributed by atoms with Gasteiger partial charge in [-0.1, -0.05) is 36.4 Å². The molecule has 54 valence electrons. The fourth-order valence-electron chi connectivity index (χ4n) is 0.385. The SMILES string of the molecule is S=[P+](Cl)Cl.c1ccccc1. The van der Waals surface area contributed by atoms with E-state index in [2.05, 4.69) is 11.8 Å². The summed E-state index contributed by atoms with van der Waals surface area (Å²) in [6, 6.07) is 12.0. The predicted octanol–water partition coefficient (Wildman–Crippen LogP) is 3.92. The molecule has 0 bridgehead atoms. The van der Waals surface area contributed by atoms with Crippen molar-refractivity contribution in [3.8, 4) is 0 Å². The first-order valence-corrected chi connectivity index (χ1v) is 6.69. The lowest BCUT2D eigenvalue weighted by Crippen LogP contribution is -1.47. The van der Waals surface area contributed by atoms with Crippen LogP contribution in [0, 0.1) is 0 Å². The van der Waals surface area contributed by atoms with Crippen molar-refractivity contribution in [1.29, 1.82) is 0 Å². The Labute approximate surface area is 76.2 Å². The van der Waals surface area contributed by atoms with Crippen LogP contribution in [0.1, 0.15) is 0 Å². The lowest BCUT2D eigenvalue weighted by molar-refractivity contribution is 1.72. The van der Waals surface area contributed by atoms with E-state index < -0.39 is 5.40 Å². The summed E-state index contributed by atoms with van der Waals surface area (Å²) in [7, 11) is 0. The zero-order chi connectivity index (χ0) is 7.82. The van der Waals surface area contributed by atoms with Crippen molar-refractivity contribution in [1.82, 2.24) is 0 Å². The van der Waals surface area contributed by atoms with Gasteiger partial charge in [0.05, 0.1) is 0 Å². The summed E-state index contributed by atoms with van der Waals surface area (Å²) in [6.07, 6.45) is 0. The molecule has 0 spiro atoms. The topological polar surface area (TPSA) is 0 Å². The van der Waals surface area contributed by atoms with Crippen molar-refractivity contribution in [2.75, 3.05) is 0 Å². The number of rotatable bonds is 0. The summed E-state index contributed by atoms with van der Waals surface area (Å²) in [4.78, 5) is 0. The van der Waals surface area contributed by atoms with Gasteiger partial charge in [-0.3, -0.25) is 0 Å². The molecule has 1 aromatic carbocycles. The van der Waals surface area contributed by atoms with E-state index in [0.29, 0.717) is 0 Å². The van der Waals surface area contributed by atoms with Gasteiger partial charge < -0.3 is 0 Å². The molecule has 0 heterocycles. The van der Waals surface area contributed by atoms with E-state index in [0.717, 1.165) is 0 Å². The summed E-state index contributed by atoms with van der Waals surface area (Å²) in [5.41, 5.74) is 0. The minimum Gasteiger partial charge on any atom is -0.0623 e. The third kappa shape index (κ3) is 11.2. The molecular weight excluding hydrogens is 206 g/mol. The maximum atomic E-state index is 4.92. The van der Waals surface area contributed by atoms with E-state index in [9.17, 15) is 0 Å². The molecule has 0 nitrogen and oxygen atoms in total. The van der Waals surface area contributed by atoms with E-state index in [4.69, 9.17) is 22.5 Å². The van der Waals surface area contributed by atoms with Gasteiger partial charge in [0.15, 0.2) is 22.5 Å². The molecule has 1 rings (SSSR count). The molecule has 0 amide bonds. The van der Waals surface area contributed by atoms with E-state index in [1.54, 1.807) is 0 Å². The molecule has 0 atom stereocenters. The van der Waals surface area contributed by atoms with Gasteiger partial charge in [-0.15, -0.1) is 0 Å². The fraction of sp³-hybridized carbons (Fsp3) is 0. The van der Waals surface area contributed by atoms with Crippen molar-refractivity contribution in [3.05, 3.63) is 36.4 Å². The second-order valence-electron chi connectivity index (χ2n) is 1.36. The first-order chi connectivity index (χ1) is 4.73. The zero-order valence-electron chi connectivity index (χ0n) is 5.08. The molecule has 10 heavy (non-hydrogen) atoms. The number of halogens is 2. The van der Waals surface area contributed by atoms with Crippen LogP contribution in [0.4, 0.5) is 0 Å². The lowest BCUT2D eigenvalue weighted by atomic mass is 10.4.